The second kappa shape index (κ2) is 4.55. The van der Waals surface area contributed by atoms with Crippen molar-refractivity contribution in [3.05, 3.63) is 52.4 Å². The normalized spacial score (nSPS) is 12.3. The van der Waals surface area contributed by atoms with E-state index in [4.69, 9.17) is 0 Å². The molecule has 1 heterocycles. The average molecular weight is 249 g/mol. The van der Waals surface area contributed by atoms with Crippen molar-refractivity contribution >= 4 is 10.8 Å². The maximum Gasteiger partial charge on any atom is 0.268 e. The van der Waals surface area contributed by atoms with Gasteiger partial charge in [0, 0.05) is 16.7 Å². The summed E-state index contributed by atoms with van der Waals surface area (Å²) in [5.74, 6) is -0.242. The molecule has 0 radical (unpaired) electrons. The summed E-state index contributed by atoms with van der Waals surface area (Å²) in [4.78, 5) is 14.6. The van der Waals surface area contributed by atoms with Gasteiger partial charge in [-0.15, -0.1) is 0 Å². The lowest BCUT2D eigenvalue weighted by Gasteiger charge is -2.04. The van der Waals surface area contributed by atoms with E-state index in [0.717, 1.165) is 0 Å². The number of pyridine rings is 1. The Morgan fingerprint density at radius 3 is 2.47 bits per heavy atom. The van der Waals surface area contributed by atoms with Crippen molar-refractivity contribution in [2.24, 2.45) is 0 Å². The van der Waals surface area contributed by atoms with E-state index in [9.17, 15) is 14.1 Å². The van der Waals surface area contributed by atoms with Crippen LogP contribution in [0.25, 0.3) is 0 Å². The Balaban J connectivity index is 2.56. The molecular formula is C12H11NO3S. The minimum atomic E-state index is -1.67. The van der Waals surface area contributed by atoms with Crippen LogP contribution in [0.4, 0.5) is 0 Å². The highest BCUT2D eigenvalue weighted by atomic mass is 32.2. The number of aryl methyl sites for hydroxylation is 1. The van der Waals surface area contributed by atoms with Crippen molar-refractivity contribution in [1.82, 2.24) is 4.98 Å². The molecule has 1 aromatic heterocycles. The largest absolute Gasteiger partial charge is 0.506 e. The van der Waals surface area contributed by atoms with Gasteiger partial charge in [-0.3, -0.25) is 4.79 Å². The van der Waals surface area contributed by atoms with E-state index in [1.165, 1.54) is 6.07 Å². The third-order valence-corrected chi connectivity index (χ3v) is 3.71. The van der Waals surface area contributed by atoms with E-state index >= 15 is 0 Å². The highest BCUT2D eigenvalue weighted by molar-refractivity contribution is 7.85. The van der Waals surface area contributed by atoms with Crippen molar-refractivity contribution < 1.29 is 9.32 Å². The number of nitrogens with one attached hydrogen (secondary N) is 1. The van der Waals surface area contributed by atoms with Gasteiger partial charge < -0.3 is 10.1 Å². The zero-order chi connectivity index (χ0) is 12.4. The molecule has 88 valence electrons. The van der Waals surface area contributed by atoms with E-state index in [1.54, 1.807) is 37.3 Å². The molecule has 0 saturated heterocycles. The van der Waals surface area contributed by atoms with Gasteiger partial charge in [0.15, 0.2) is 4.90 Å². The average Bonchev–Trinajstić information content (AvgIpc) is 2.28. The number of aromatic nitrogens is 1. The van der Waals surface area contributed by atoms with E-state index in [0.29, 0.717) is 10.6 Å². The number of rotatable bonds is 2. The van der Waals surface area contributed by atoms with E-state index in [2.05, 4.69) is 4.98 Å². The molecule has 1 atom stereocenters. The summed E-state index contributed by atoms with van der Waals surface area (Å²) in [7, 11) is -1.67. The summed E-state index contributed by atoms with van der Waals surface area (Å²) in [6.45, 7) is 1.65. The van der Waals surface area contributed by atoms with Crippen LogP contribution in [0, 0.1) is 6.92 Å². The maximum absolute atomic E-state index is 12.1. The molecule has 0 saturated carbocycles. The zero-order valence-electron chi connectivity index (χ0n) is 9.14. The van der Waals surface area contributed by atoms with Crippen LogP contribution in [0.5, 0.6) is 5.75 Å². The van der Waals surface area contributed by atoms with Gasteiger partial charge in [-0.25, -0.2) is 4.21 Å². The highest BCUT2D eigenvalue weighted by Gasteiger charge is 2.16. The molecule has 2 aromatic rings. The number of hydrogen-bond acceptors (Lipinski definition) is 3. The van der Waals surface area contributed by atoms with E-state index < -0.39 is 16.4 Å². The molecule has 0 aliphatic heterocycles. The summed E-state index contributed by atoms with van der Waals surface area (Å²) in [5.41, 5.74) is 0.00555. The predicted molar refractivity (Wildman–Crippen MR) is 64.6 cm³/mol. The number of aromatic amines is 1. The quantitative estimate of drug-likeness (QED) is 0.848. The molecule has 2 rings (SSSR count). The van der Waals surface area contributed by atoms with E-state index in [1.807, 2.05) is 0 Å². The lowest BCUT2D eigenvalue weighted by Crippen LogP contribution is -2.15. The first kappa shape index (κ1) is 11.6. The van der Waals surface area contributed by atoms with E-state index in [-0.39, 0.29) is 10.6 Å². The van der Waals surface area contributed by atoms with Gasteiger partial charge in [0.1, 0.15) is 5.75 Å². The molecule has 5 heteroatoms. The molecule has 17 heavy (non-hydrogen) atoms. The van der Waals surface area contributed by atoms with Gasteiger partial charge in [-0.05, 0) is 19.1 Å². The number of benzene rings is 1. The summed E-state index contributed by atoms with van der Waals surface area (Å²) in [5, 5.41) is 9.69. The fourth-order valence-corrected chi connectivity index (χ4v) is 2.61. The monoisotopic (exact) mass is 249 g/mol. The van der Waals surface area contributed by atoms with Gasteiger partial charge in [0.25, 0.3) is 5.56 Å². The molecule has 0 aliphatic rings. The van der Waals surface area contributed by atoms with Crippen LogP contribution in [-0.2, 0) is 10.8 Å². The Morgan fingerprint density at radius 1 is 1.24 bits per heavy atom. The fraction of sp³-hybridized carbons (Fsp3) is 0.0833. The minimum Gasteiger partial charge on any atom is -0.506 e. The first-order chi connectivity index (χ1) is 8.09. The van der Waals surface area contributed by atoms with Crippen LogP contribution in [0.15, 0.2) is 51.0 Å². The standard InChI is InChI=1S/C12H11NO3S/c1-8-7-10(14)11(12(15)13-8)17(16)9-5-3-2-4-6-9/h2-7H,1H3,(H2,13,14,15). The lowest BCUT2D eigenvalue weighted by atomic mass is 10.3. The lowest BCUT2D eigenvalue weighted by molar-refractivity contribution is 0.457. The fourth-order valence-electron chi connectivity index (χ4n) is 1.50. The van der Waals surface area contributed by atoms with Crippen molar-refractivity contribution in [1.29, 1.82) is 0 Å². The maximum atomic E-state index is 12.1. The number of H-pyrrole nitrogens is 1. The summed E-state index contributed by atoms with van der Waals surface area (Å²) in [6.07, 6.45) is 0. The Kier molecular flexibility index (Phi) is 3.10. The predicted octanol–water partition coefficient (Wildman–Crippen LogP) is 1.56. The van der Waals surface area contributed by atoms with Crippen LogP contribution >= 0.6 is 0 Å². The Hall–Kier alpha value is -1.88. The molecule has 4 nitrogen and oxygen atoms in total. The SMILES string of the molecule is Cc1cc(O)c(S(=O)c2ccccc2)c(=O)[nH]1. The van der Waals surface area contributed by atoms with Gasteiger partial charge in [0.2, 0.25) is 0 Å². The van der Waals surface area contributed by atoms with Crippen molar-refractivity contribution in [2.75, 3.05) is 0 Å². The molecular weight excluding hydrogens is 238 g/mol. The summed E-state index contributed by atoms with van der Waals surface area (Å²) < 4.78 is 12.1. The molecule has 0 spiro atoms. The Morgan fingerprint density at radius 2 is 1.88 bits per heavy atom. The molecule has 0 fully saturated rings. The minimum absolute atomic E-state index is 0.109. The van der Waals surface area contributed by atoms with Crippen LogP contribution in [-0.4, -0.2) is 14.3 Å². The van der Waals surface area contributed by atoms with Crippen LogP contribution < -0.4 is 5.56 Å². The Bertz CT molecular complexity index is 619. The highest BCUT2D eigenvalue weighted by Crippen LogP contribution is 2.21. The molecule has 0 aliphatic carbocycles. The molecule has 1 aromatic carbocycles. The second-order valence-corrected chi connectivity index (χ2v) is 4.99. The van der Waals surface area contributed by atoms with Crippen molar-refractivity contribution in [2.45, 2.75) is 16.7 Å². The van der Waals surface area contributed by atoms with Gasteiger partial charge in [0.05, 0.1) is 10.8 Å². The second-order valence-electron chi connectivity index (χ2n) is 3.58. The third kappa shape index (κ3) is 2.29. The van der Waals surface area contributed by atoms with Gasteiger partial charge >= 0.3 is 0 Å². The zero-order valence-corrected chi connectivity index (χ0v) is 9.95. The first-order valence-electron chi connectivity index (χ1n) is 4.99. The molecule has 0 amide bonds. The first-order valence-corrected chi connectivity index (χ1v) is 6.14. The molecule has 1 unspecified atom stereocenters. The van der Waals surface area contributed by atoms with Crippen molar-refractivity contribution in [3.63, 3.8) is 0 Å². The summed E-state index contributed by atoms with van der Waals surface area (Å²) in [6, 6.07) is 9.93. The topological polar surface area (TPSA) is 70.2 Å². The van der Waals surface area contributed by atoms with Gasteiger partial charge in [-0.1, -0.05) is 18.2 Å². The molecule has 2 N–H and O–H groups in total. The van der Waals surface area contributed by atoms with Crippen LogP contribution in [0.2, 0.25) is 0 Å². The van der Waals surface area contributed by atoms with Crippen molar-refractivity contribution in [3.8, 4) is 5.75 Å². The van der Waals surface area contributed by atoms with Crippen LogP contribution in [0.3, 0.4) is 0 Å². The summed E-state index contributed by atoms with van der Waals surface area (Å²) >= 11 is 0. The number of hydrogen-bond donors (Lipinski definition) is 2. The smallest absolute Gasteiger partial charge is 0.268 e. The Labute approximate surface area is 100 Å². The number of aromatic hydroxyl groups is 1. The third-order valence-electron chi connectivity index (χ3n) is 2.25. The van der Waals surface area contributed by atoms with Crippen LogP contribution in [0.1, 0.15) is 5.69 Å². The molecule has 0 bridgehead atoms. The van der Waals surface area contributed by atoms with Gasteiger partial charge in [-0.2, -0.15) is 0 Å².